The third-order valence-corrected chi connectivity index (χ3v) is 7.04. The fourth-order valence-corrected chi connectivity index (χ4v) is 4.45. The van der Waals surface area contributed by atoms with Crippen LogP contribution in [0.15, 0.2) is 48.7 Å². The average Bonchev–Trinajstić information content (AvgIpc) is 3.33. The number of hydrogen-bond acceptors (Lipinski definition) is 4. The van der Waals surface area contributed by atoms with Gasteiger partial charge in [-0.15, -0.1) is 0 Å². The minimum absolute atomic E-state index is 0.156. The van der Waals surface area contributed by atoms with Gasteiger partial charge in [-0.1, -0.05) is 61.2 Å². The largest absolute Gasteiger partial charge is 0.481 e. The van der Waals surface area contributed by atoms with Crippen LogP contribution >= 0.6 is 23.2 Å². The zero-order valence-electron chi connectivity index (χ0n) is 21.6. The van der Waals surface area contributed by atoms with Gasteiger partial charge in [0.05, 0.1) is 10.0 Å². The quantitative estimate of drug-likeness (QED) is 0.193. The van der Waals surface area contributed by atoms with E-state index in [2.05, 4.69) is 20.9 Å². The number of benzene rings is 2. The molecule has 5 N–H and O–H groups in total. The number of fused-ring (bicyclic) bond motifs is 1. The van der Waals surface area contributed by atoms with Crippen LogP contribution in [0.3, 0.4) is 0 Å². The van der Waals surface area contributed by atoms with E-state index in [9.17, 15) is 19.2 Å². The molecule has 11 heteroatoms. The molecular weight excluding hydrogens is 543 g/mol. The standard InChI is InChI=1S/C28H32Cl2N4O5/c1-2-3-7-23(27(38)31-14-13-18-16-32-22-8-5-4-6-19(18)22)34-28(39)24(11-12-25(35)36)33-26(37)17-9-10-20(29)21(30)15-17/h4-6,8-10,15-16,23-24,32H,2-3,7,11-14H2,1H3,(H,31,38)(H,33,37)(H,34,39)(H,35,36)/t23-,24-/m1/s1. The Morgan fingerprint density at radius 1 is 0.949 bits per heavy atom. The lowest BCUT2D eigenvalue weighted by molar-refractivity contribution is -0.137. The Morgan fingerprint density at radius 2 is 1.69 bits per heavy atom. The third kappa shape index (κ3) is 8.73. The predicted molar refractivity (Wildman–Crippen MR) is 151 cm³/mol. The highest BCUT2D eigenvalue weighted by atomic mass is 35.5. The van der Waals surface area contributed by atoms with Crippen molar-refractivity contribution >= 4 is 57.8 Å². The second-order valence-electron chi connectivity index (χ2n) is 9.19. The molecule has 0 saturated carbocycles. The van der Waals surface area contributed by atoms with Crippen LogP contribution in [0.4, 0.5) is 0 Å². The lowest BCUT2D eigenvalue weighted by Crippen LogP contribution is -2.54. The van der Waals surface area contributed by atoms with Crippen LogP contribution in [0.1, 0.15) is 54.9 Å². The highest BCUT2D eigenvalue weighted by Crippen LogP contribution is 2.22. The summed E-state index contributed by atoms with van der Waals surface area (Å²) in [6.45, 7) is 2.34. The van der Waals surface area contributed by atoms with E-state index in [1.165, 1.54) is 18.2 Å². The first-order valence-corrected chi connectivity index (χ1v) is 13.6. The Kier molecular flexibility index (Phi) is 11.2. The van der Waals surface area contributed by atoms with Crippen LogP contribution in [-0.2, 0) is 20.8 Å². The lowest BCUT2D eigenvalue weighted by Gasteiger charge is -2.23. The number of carboxylic acid groups (broad SMARTS) is 1. The lowest BCUT2D eigenvalue weighted by atomic mass is 10.1. The van der Waals surface area contributed by atoms with Gasteiger partial charge in [0.15, 0.2) is 0 Å². The number of halogens is 2. The number of carboxylic acids is 1. The van der Waals surface area contributed by atoms with Crippen molar-refractivity contribution in [1.82, 2.24) is 20.9 Å². The smallest absolute Gasteiger partial charge is 0.303 e. The number of aliphatic carboxylic acids is 1. The first kappa shape index (κ1) is 30.0. The summed E-state index contributed by atoms with van der Waals surface area (Å²) in [6.07, 6.45) is 3.91. The Morgan fingerprint density at radius 3 is 2.41 bits per heavy atom. The molecule has 0 aliphatic rings. The van der Waals surface area contributed by atoms with Crippen molar-refractivity contribution in [3.63, 3.8) is 0 Å². The molecule has 3 amide bonds. The summed E-state index contributed by atoms with van der Waals surface area (Å²) in [6, 6.07) is 10.1. The first-order valence-electron chi connectivity index (χ1n) is 12.8. The minimum atomic E-state index is -1.17. The monoisotopic (exact) mass is 574 g/mol. The summed E-state index contributed by atoms with van der Waals surface area (Å²) in [5.74, 6) is -2.72. The Balaban J connectivity index is 1.65. The molecule has 0 unspecified atom stereocenters. The van der Waals surface area contributed by atoms with Gasteiger partial charge in [-0.3, -0.25) is 19.2 Å². The number of carbonyl (C=O) groups excluding carboxylic acids is 3. The summed E-state index contributed by atoms with van der Waals surface area (Å²) in [4.78, 5) is 53.4. The number of hydrogen-bond donors (Lipinski definition) is 5. The Labute approximate surface area is 236 Å². The van der Waals surface area contributed by atoms with Gasteiger partial charge in [0.2, 0.25) is 11.8 Å². The van der Waals surface area contributed by atoms with Crippen LogP contribution in [0.5, 0.6) is 0 Å². The van der Waals surface area contributed by atoms with Gasteiger partial charge in [-0.2, -0.15) is 0 Å². The van der Waals surface area contributed by atoms with Crippen molar-refractivity contribution < 1.29 is 24.3 Å². The summed E-state index contributed by atoms with van der Waals surface area (Å²) >= 11 is 11.9. The van der Waals surface area contributed by atoms with Gasteiger partial charge >= 0.3 is 5.97 Å². The molecule has 9 nitrogen and oxygen atoms in total. The number of aromatic nitrogens is 1. The normalized spacial score (nSPS) is 12.5. The molecule has 0 aliphatic carbocycles. The number of aromatic amines is 1. The van der Waals surface area contributed by atoms with Crippen LogP contribution in [0.2, 0.25) is 10.0 Å². The number of rotatable bonds is 14. The zero-order valence-corrected chi connectivity index (χ0v) is 23.1. The summed E-state index contributed by atoms with van der Waals surface area (Å²) in [5, 5.41) is 18.8. The van der Waals surface area contributed by atoms with E-state index in [1.807, 2.05) is 37.4 Å². The van der Waals surface area contributed by atoms with Gasteiger partial charge in [0.25, 0.3) is 5.91 Å². The maximum absolute atomic E-state index is 13.2. The van der Waals surface area contributed by atoms with E-state index in [0.29, 0.717) is 25.8 Å². The number of unbranched alkanes of at least 4 members (excludes halogenated alkanes) is 1. The molecule has 1 aromatic heterocycles. The van der Waals surface area contributed by atoms with Gasteiger partial charge in [0.1, 0.15) is 12.1 Å². The topological polar surface area (TPSA) is 140 Å². The average molecular weight is 575 g/mol. The Hall–Kier alpha value is -3.56. The number of para-hydroxylation sites is 1. The summed E-state index contributed by atoms with van der Waals surface area (Å²) in [7, 11) is 0. The molecule has 1 heterocycles. The molecule has 0 spiro atoms. The third-order valence-electron chi connectivity index (χ3n) is 6.30. The maximum atomic E-state index is 13.2. The molecule has 0 aliphatic heterocycles. The molecule has 39 heavy (non-hydrogen) atoms. The van der Waals surface area contributed by atoms with E-state index in [-0.39, 0.29) is 34.4 Å². The van der Waals surface area contributed by atoms with Crippen LogP contribution in [-0.4, -0.2) is 52.4 Å². The number of amides is 3. The second-order valence-corrected chi connectivity index (χ2v) is 10.0. The molecule has 2 aromatic carbocycles. The van der Waals surface area contributed by atoms with Crippen LogP contribution < -0.4 is 16.0 Å². The second kappa shape index (κ2) is 14.6. The Bertz CT molecular complexity index is 1330. The molecule has 0 bridgehead atoms. The number of carbonyl (C=O) groups is 4. The number of nitrogens with one attached hydrogen (secondary N) is 4. The van der Waals surface area contributed by atoms with Crippen molar-refractivity contribution in [2.24, 2.45) is 0 Å². The van der Waals surface area contributed by atoms with Gasteiger partial charge < -0.3 is 26.0 Å². The van der Waals surface area contributed by atoms with Crippen molar-refractivity contribution in [3.8, 4) is 0 Å². The van der Waals surface area contributed by atoms with Crippen molar-refractivity contribution in [2.45, 2.75) is 57.5 Å². The molecule has 2 atom stereocenters. The van der Waals surface area contributed by atoms with Gasteiger partial charge in [-0.25, -0.2) is 0 Å². The summed E-state index contributed by atoms with van der Waals surface area (Å²) in [5.41, 5.74) is 2.25. The summed E-state index contributed by atoms with van der Waals surface area (Å²) < 4.78 is 0. The molecule has 0 fully saturated rings. The molecule has 3 rings (SSSR count). The van der Waals surface area contributed by atoms with E-state index in [1.54, 1.807) is 0 Å². The van der Waals surface area contributed by atoms with E-state index < -0.39 is 29.9 Å². The van der Waals surface area contributed by atoms with E-state index >= 15 is 0 Å². The first-order chi connectivity index (χ1) is 18.7. The van der Waals surface area contributed by atoms with E-state index in [0.717, 1.165) is 22.9 Å². The molecular formula is C28H32Cl2N4O5. The van der Waals surface area contributed by atoms with Crippen molar-refractivity contribution in [2.75, 3.05) is 6.54 Å². The fourth-order valence-electron chi connectivity index (χ4n) is 4.15. The highest BCUT2D eigenvalue weighted by Gasteiger charge is 2.27. The number of H-pyrrole nitrogens is 1. The van der Waals surface area contributed by atoms with Crippen LogP contribution in [0, 0.1) is 0 Å². The van der Waals surface area contributed by atoms with Crippen LogP contribution in [0.25, 0.3) is 10.9 Å². The molecule has 0 radical (unpaired) electrons. The maximum Gasteiger partial charge on any atom is 0.303 e. The molecule has 0 saturated heterocycles. The van der Waals surface area contributed by atoms with Gasteiger partial charge in [0, 0.05) is 35.6 Å². The predicted octanol–water partition coefficient (Wildman–Crippen LogP) is 4.47. The van der Waals surface area contributed by atoms with Crippen molar-refractivity contribution in [1.29, 1.82) is 0 Å². The van der Waals surface area contributed by atoms with Crippen molar-refractivity contribution in [3.05, 3.63) is 69.8 Å². The highest BCUT2D eigenvalue weighted by molar-refractivity contribution is 6.42. The molecule has 208 valence electrons. The fraction of sp³-hybridized carbons (Fsp3) is 0.357. The minimum Gasteiger partial charge on any atom is -0.481 e. The van der Waals surface area contributed by atoms with E-state index in [4.69, 9.17) is 28.3 Å². The zero-order chi connectivity index (χ0) is 28.4. The molecule has 3 aromatic rings. The SMILES string of the molecule is CCCC[C@@H](NC(=O)[C@@H](CCC(=O)O)NC(=O)c1ccc(Cl)c(Cl)c1)C(=O)NCCc1c[nH]c2ccccc12. The van der Waals surface area contributed by atoms with Gasteiger partial charge in [-0.05, 0) is 49.1 Å².